The number of hydrogen-bond acceptors (Lipinski definition) is 3. The molecular formula is C16H19F3N2O2S. The van der Waals surface area contributed by atoms with Crippen LogP contribution in [0, 0.1) is 5.92 Å². The summed E-state index contributed by atoms with van der Waals surface area (Å²) in [7, 11) is 0. The molecule has 0 radical (unpaired) electrons. The summed E-state index contributed by atoms with van der Waals surface area (Å²) in [5.74, 6) is -1.04. The van der Waals surface area contributed by atoms with Crippen LogP contribution in [0.25, 0.3) is 0 Å². The Labute approximate surface area is 144 Å². The topological polar surface area (TPSA) is 41.6 Å². The number of nitrogens with one attached hydrogen (secondary N) is 1. The van der Waals surface area contributed by atoms with Gasteiger partial charge in [-0.05, 0) is 39.3 Å². The first-order valence-electron chi connectivity index (χ1n) is 7.45. The lowest BCUT2D eigenvalue weighted by Gasteiger charge is -2.25. The van der Waals surface area contributed by atoms with E-state index in [9.17, 15) is 18.0 Å². The van der Waals surface area contributed by atoms with Crippen molar-refractivity contribution in [3.63, 3.8) is 0 Å². The fraction of sp³-hybridized carbons (Fsp3) is 0.500. The molecule has 1 unspecified atom stereocenters. The third-order valence-corrected chi connectivity index (χ3v) is 3.77. The number of amides is 1. The molecule has 1 saturated heterocycles. The quantitative estimate of drug-likeness (QED) is 0.836. The van der Waals surface area contributed by atoms with Gasteiger partial charge in [0.25, 0.3) is 0 Å². The second-order valence-corrected chi connectivity index (χ2v) is 7.06. The minimum Gasteiger partial charge on any atom is -0.406 e. The maximum atomic E-state index is 12.6. The van der Waals surface area contributed by atoms with Crippen molar-refractivity contribution in [3.05, 3.63) is 24.3 Å². The van der Waals surface area contributed by atoms with E-state index in [-0.39, 0.29) is 17.2 Å². The Morgan fingerprint density at radius 3 is 2.58 bits per heavy atom. The number of benzene rings is 1. The number of halogens is 3. The van der Waals surface area contributed by atoms with Gasteiger partial charge in [-0.2, -0.15) is 0 Å². The van der Waals surface area contributed by atoms with Crippen molar-refractivity contribution in [2.24, 2.45) is 5.92 Å². The molecule has 0 aromatic heterocycles. The Balaban J connectivity index is 2.13. The van der Waals surface area contributed by atoms with Crippen LogP contribution in [0.3, 0.4) is 0 Å². The first-order chi connectivity index (χ1) is 11.0. The maximum absolute atomic E-state index is 12.6. The van der Waals surface area contributed by atoms with E-state index in [2.05, 4.69) is 10.1 Å². The van der Waals surface area contributed by atoms with E-state index in [1.807, 2.05) is 20.8 Å². The number of anilines is 1. The number of nitrogens with zero attached hydrogens (tertiary/aromatic N) is 1. The van der Waals surface area contributed by atoms with E-state index < -0.39 is 12.3 Å². The Morgan fingerprint density at radius 2 is 2.00 bits per heavy atom. The van der Waals surface area contributed by atoms with Gasteiger partial charge in [0.1, 0.15) is 5.75 Å². The molecule has 1 aliphatic rings. The van der Waals surface area contributed by atoms with Crippen LogP contribution in [0.15, 0.2) is 24.3 Å². The van der Waals surface area contributed by atoms with Crippen LogP contribution in [0.5, 0.6) is 5.75 Å². The fourth-order valence-corrected chi connectivity index (χ4v) is 3.01. The van der Waals surface area contributed by atoms with Crippen LogP contribution in [0.4, 0.5) is 18.9 Å². The van der Waals surface area contributed by atoms with Crippen molar-refractivity contribution in [2.75, 3.05) is 11.4 Å². The van der Waals surface area contributed by atoms with Gasteiger partial charge in [-0.25, -0.2) is 0 Å². The third kappa shape index (κ3) is 4.83. The Hall–Kier alpha value is -1.83. The third-order valence-electron chi connectivity index (χ3n) is 3.38. The summed E-state index contributed by atoms with van der Waals surface area (Å²) in [6.07, 6.45) is -4.25. The van der Waals surface area contributed by atoms with Crippen LogP contribution in [-0.4, -0.2) is 29.3 Å². The lowest BCUT2D eigenvalue weighted by atomic mass is 10.0. The predicted octanol–water partition coefficient (Wildman–Crippen LogP) is 3.65. The molecule has 24 heavy (non-hydrogen) atoms. The van der Waals surface area contributed by atoms with Crippen LogP contribution in [-0.2, 0) is 4.79 Å². The molecule has 2 rings (SSSR count). The van der Waals surface area contributed by atoms with Crippen molar-refractivity contribution >= 4 is 28.8 Å². The van der Waals surface area contributed by atoms with Crippen molar-refractivity contribution in [2.45, 2.75) is 39.1 Å². The average molecular weight is 360 g/mol. The van der Waals surface area contributed by atoms with E-state index in [0.717, 1.165) is 0 Å². The minimum atomic E-state index is -4.77. The Morgan fingerprint density at radius 1 is 1.33 bits per heavy atom. The summed E-state index contributed by atoms with van der Waals surface area (Å²) in [6.45, 7) is 6.21. The van der Waals surface area contributed by atoms with E-state index in [0.29, 0.717) is 23.6 Å². The molecule has 1 amide bonds. The Kier molecular flexibility index (Phi) is 5.08. The molecule has 1 fully saturated rings. The fourth-order valence-electron chi connectivity index (χ4n) is 2.48. The summed E-state index contributed by atoms with van der Waals surface area (Å²) < 4.78 is 40.9. The zero-order chi connectivity index (χ0) is 18.1. The average Bonchev–Trinajstić information content (AvgIpc) is 2.77. The van der Waals surface area contributed by atoms with Gasteiger partial charge in [0, 0.05) is 23.8 Å². The van der Waals surface area contributed by atoms with Gasteiger partial charge in [0.15, 0.2) is 0 Å². The molecule has 1 atom stereocenters. The van der Waals surface area contributed by atoms with Gasteiger partial charge in [-0.1, -0.05) is 18.3 Å². The second kappa shape index (κ2) is 6.58. The predicted molar refractivity (Wildman–Crippen MR) is 89.1 cm³/mol. The van der Waals surface area contributed by atoms with Crippen LogP contribution < -0.4 is 15.0 Å². The smallest absolute Gasteiger partial charge is 0.406 e. The summed E-state index contributed by atoms with van der Waals surface area (Å²) in [4.78, 5) is 14.5. The highest BCUT2D eigenvalue weighted by Gasteiger charge is 2.37. The van der Waals surface area contributed by atoms with Crippen LogP contribution in [0.2, 0.25) is 0 Å². The number of alkyl halides is 3. The van der Waals surface area contributed by atoms with Gasteiger partial charge in [0.2, 0.25) is 5.91 Å². The molecule has 0 bridgehead atoms. The molecule has 1 heterocycles. The van der Waals surface area contributed by atoms with E-state index in [4.69, 9.17) is 12.2 Å². The molecule has 8 heteroatoms. The normalized spacial score (nSPS) is 18.7. The van der Waals surface area contributed by atoms with Crippen LogP contribution >= 0.6 is 12.2 Å². The molecule has 4 nitrogen and oxygen atoms in total. The zero-order valence-electron chi connectivity index (χ0n) is 13.6. The lowest BCUT2D eigenvalue weighted by Crippen LogP contribution is -2.44. The van der Waals surface area contributed by atoms with Crippen molar-refractivity contribution in [1.29, 1.82) is 0 Å². The van der Waals surface area contributed by atoms with E-state index in [1.54, 1.807) is 6.07 Å². The monoisotopic (exact) mass is 360 g/mol. The number of carbonyl (C=O) groups excluding carboxylic acids is 1. The number of carbonyl (C=O) groups is 1. The molecule has 1 aromatic carbocycles. The largest absolute Gasteiger partial charge is 0.573 e. The highest BCUT2D eigenvalue weighted by Crippen LogP contribution is 2.31. The van der Waals surface area contributed by atoms with Crippen molar-refractivity contribution in [3.8, 4) is 5.75 Å². The second-order valence-electron chi connectivity index (χ2n) is 6.62. The summed E-state index contributed by atoms with van der Waals surface area (Å²) in [6, 6.07) is 5.39. The first kappa shape index (κ1) is 18.5. The highest BCUT2D eigenvalue weighted by atomic mass is 32.1. The van der Waals surface area contributed by atoms with Gasteiger partial charge in [-0.15, -0.1) is 13.2 Å². The van der Waals surface area contributed by atoms with Gasteiger partial charge in [-0.3, -0.25) is 4.79 Å². The molecular weight excluding hydrogens is 341 g/mol. The van der Waals surface area contributed by atoms with Gasteiger partial charge >= 0.3 is 6.36 Å². The summed E-state index contributed by atoms with van der Waals surface area (Å²) >= 11 is 5.31. The zero-order valence-corrected chi connectivity index (χ0v) is 14.4. The number of ether oxygens (including phenoxy) is 1. The first-order valence-corrected chi connectivity index (χ1v) is 7.86. The van der Waals surface area contributed by atoms with Crippen molar-refractivity contribution in [1.82, 2.24) is 5.32 Å². The SMILES string of the molecule is CC(C)(C)NC(=S)C1CCN(c2cccc(OC(F)(F)F)c2)C1=O. The molecule has 1 aliphatic heterocycles. The standard InChI is InChI=1S/C16H19F3N2O2S/c1-15(2,3)20-13(24)12-7-8-21(14(12)22)10-5-4-6-11(9-10)23-16(17,18)19/h4-6,9,12H,7-8H2,1-3H3,(H,20,24). The van der Waals surface area contributed by atoms with Crippen LogP contribution in [0.1, 0.15) is 27.2 Å². The maximum Gasteiger partial charge on any atom is 0.573 e. The van der Waals surface area contributed by atoms with Gasteiger partial charge in [0.05, 0.1) is 10.9 Å². The van der Waals surface area contributed by atoms with E-state index >= 15 is 0 Å². The Bertz CT molecular complexity index is 641. The molecule has 0 spiro atoms. The summed E-state index contributed by atoms with van der Waals surface area (Å²) in [5.41, 5.74) is 0.105. The molecule has 0 saturated carbocycles. The number of hydrogen-bond donors (Lipinski definition) is 1. The highest BCUT2D eigenvalue weighted by molar-refractivity contribution is 7.80. The lowest BCUT2D eigenvalue weighted by molar-refractivity contribution is -0.274. The molecule has 0 aliphatic carbocycles. The van der Waals surface area contributed by atoms with Crippen molar-refractivity contribution < 1.29 is 22.7 Å². The van der Waals surface area contributed by atoms with Gasteiger partial charge < -0.3 is 15.0 Å². The minimum absolute atomic E-state index is 0.221. The number of thiocarbonyl (C=S) groups is 1. The summed E-state index contributed by atoms with van der Waals surface area (Å²) in [5, 5.41) is 3.12. The molecule has 1 aromatic rings. The van der Waals surface area contributed by atoms with E-state index in [1.165, 1.54) is 23.1 Å². The molecule has 1 N–H and O–H groups in total. The molecule has 132 valence electrons. The number of rotatable bonds is 3.